The molecule has 1 fully saturated rings. The third kappa shape index (κ3) is 5.25. The van der Waals surface area contributed by atoms with Crippen LogP contribution in [0.1, 0.15) is 28.4 Å². The minimum Gasteiger partial charge on any atom is -0.336 e. The highest BCUT2D eigenvalue weighted by Crippen LogP contribution is 2.32. The summed E-state index contributed by atoms with van der Waals surface area (Å²) in [6, 6.07) is 12.5. The number of alkyl halides is 3. The molecule has 0 N–H and O–H groups in total. The van der Waals surface area contributed by atoms with Crippen molar-refractivity contribution >= 4 is 17.5 Å². The Morgan fingerprint density at radius 2 is 1.58 bits per heavy atom. The molecule has 0 aromatic heterocycles. The molecule has 0 unspecified atom stereocenters. The second-order valence-electron chi connectivity index (χ2n) is 7.54. The van der Waals surface area contributed by atoms with Crippen LogP contribution >= 0.6 is 0 Å². The molecule has 3 rings (SSSR count). The number of aryl methyl sites for hydroxylation is 1. The molecule has 0 atom stereocenters. The summed E-state index contributed by atoms with van der Waals surface area (Å²) in [5.74, 6) is -0.673. The Labute approximate surface area is 180 Å². The quantitative estimate of drug-likeness (QED) is 0.720. The summed E-state index contributed by atoms with van der Waals surface area (Å²) in [5.41, 5.74) is 0.620. The smallest absolute Gasteiger partial charge is 0.336 e. The van der Waals surface area contributed by atoms with E-state index in [2.05, 4.69) is 0 Å². The van der Waals surface area contributed by atoms with Crippen LogP contribution in [0.2, 0.25) is 0 Å². The van der Waals surface area contributed by atoms with Crippen molar-refractivity contribution in [2.75, 3.05) is 44.2 Å². The minimum absolute atomic E-state index is 0.0426. The Balaban J connectivity index is 1.62. The Morgan fingerprint density at radius 3 is 2.19 bits per heavy atom. The second-order valence-corrected chi connectivity index (χ2v) is 7.54. The lowest BCUT2D eigenvalue weighted by molar-refractivity contribution is -0.138. The van der Waals surface area contributed by atoms with Crippen molar-refractivity contribution in [1.29, 1.82) is 0 Å². The number of amides is 2. The fourth-order valence-corrected chi connectivity index (χ4v) is 3.82. The monoisotopic (exact) mass is 433 g/mol. The number of para-hydroxylation sites is 1. The van der Waals surface area contributed by atoms with Crippen molar-refractivity contribution in [2.24, 2.45) is 0 Å². The van der Waals surface area contributed by atoms with Crippen LogP contribution in [-0.4, -0.2) is 60.9 Å². The van der Waals surface area contributed by atoms with Crippen molar-refractivity contribution in [3.8, 4) is 0 Å². The number of anilines is 1. The molecule has 1 saturated heterocycles. The third-order valence-electron chi connectivity index (χ3n) is 5.50. The Hall–Kier alpha value is -2.87. The van der Waals surface area contributed by atoms with E-state index in [0.29, 0.717) is 19.6 Å². The maximum Gasteiger partial charge on any atom is 0.417 e. The average molecular weight is 433 g/mol. The molecule has 166 valence electrons. The largest absolute Gasteiger partial charge is 0.417 e. The lowest BCUT2D eigenvalue weighted by Crippen LogP contribution is -2.51. The van der Waals surface area contributed by atoms with Crippen molar-refractivity contribution in [3.63, 3.8) is 0 Å². The second kappa shape index (κ2) is 9.51. The lowest BCUT2D eigenvalue weighted by atomic mass is 10.1. The van der Waals surface area contributed by atoms with Gasteiger partial charge in [0.25, 0.3) is 5.91 Å². The third-order valence-corrected chi connectivity index (χ3v) is 5.50. The summed E-state index contributed by atoms with van der Waals surface area (Å²) in [6.07, 6.45) is -4.58. The normalized spacial score (nSPS) is 15.1. The molecule has 1 heterocycles. The van der Waals surface area contributed by atoms with Gasteiger partial charge in [-0.1, -0.05) is 30.3 Å². The molecule has 0 saturated carbocycles. The maximum atomic E-state index is 13.2. The van der Waals surface area contributed by atoms with E-state index >= 15 is 0 Å². The first-order valence-corrected chi connectivity index (χ1v) is 10.3. The van der Waals surface area contributed by atoms with E-state index in [4.69, 9.17) is 0 Å². The zero-order valence-electron chi connectivity index (χ0n) is 17.7. The van der Waals surface area contributed by atoms with Crippen molar-refractivity contribution in [2.45, 2.75) is 20.0 Å². The number of nitrogens with zero attached hydrogens (tertiary/aromatic N) is 3. The van der Waals surface area contributed by atoms with E-state index in [0.717, 1.165) is 17.3 Å². The van der Waals surface area contributed by atoms with Gasteiger partial charge in [0.15, 0.2) is 0 Å². The molecule has 0 bridgehead atoms. The molecule has 0 spiro atoms. The van der Waals surface area contributed by atoms with Gasteiger partial charge >= 0.3 is 6.18 Å². The summed E-state index contributed by atoms with van der Waals surface area (Å²) >= 11 is 0. The predicted molar refractivity (Wildman–Crippen MR) is 113 cm³/mol. The van der Waals surface area contributed by atoms with Gasteiger partial charge in [-0.05, 0) is 37.6 Å². The highest BCUT2D eigenvalue weighted by molar-refractivity contribution is 5.96. The highest BCUT2D eigenvalue weighted by Gasteiger charge is 2.36. The van der Waals surface area contributed by atoms with Crippen LogP contribution in [0.15, 0.2) is 48.5 Å². The molecule has 2 aromatic carbocycles. The molecular formula is C23H26F3N3O2. The zero-order chi connectivity index (χ0) is 22.6. The Bertz CT molecular complexity index is 938. The first kappa shape index (κ1) is 22.8. The summed E-state index contributed by atoms with van der Waals surface area (Å²) < 4.78 is 39.7. The molecule has 2 aromatic rings. The van der Waals surface area contributed by atoms with E-state index in [1.807, 2.05) is 43.0 Å². The summed E-state index contributed by atoms with van der Waals surface area (Å²) in [5, 5.41) is 0. The van der Waals surface area contributed by atoms with Gasteiger partial charge in [-0.3, -0.25) is 14.5 Å². The van der Waals surface area contributed by atoms with Gasteiger partial charge in [0, 0.05) is 38.4 Å². The van der Waals surface area contributed by atoms with Gasteiger partial charge < -0.3 is 9.80 Å². The molecule has 2 amide bonds. The number of likely N-dealkylation sites (N-methyl/N-ethyl adjacent to an activating group) is 1. The van der Waals surface area contributed by atoms with Gasteiger partial charge in [-0.15, -0.1) is 0 Å². The molecular weight excluding hydrogens is 407 g/mol. The van der Waals surface area contributed by atoms with Crippen LogP contribution in [0.3, 0.4) is 0 Å². The Kier molecular flexibility index (Phi) is 7.00. The van der Waals surface area contributed by atoms with E-state index in [1.54, 1.807) is 4.90 Å². The molecule has 8 heteroatoms. The first-order valence-electron chi connectivity index (χ1n) is 10.3. The maximum absolute atomic E-state index is 13.2. The number of benzene rings is 2. The zero-order valence-corrected chi connectivity index (χ0v) is 17.7. The lowest BCUT2D eigenvalue weighted by Gasteiger charge is -2.35. The van der Waals surface area contributed by atoms with Crippen molar-refractivity contribution < 1.29 is 22.8 Å². The van der Waals surface area contributed by atoms with Gasteiger partial charge in [-0.25, -0.2) is 0 Å². The van der Waals surface area contributed by atoms with Crippen LogP contribution in [0.4, 0.5) is 18.9 Å². The van der Waals surface area contributed by atoms with Crippen molar-refractivity contribution in [1.82, 2.24) is 9.80 Å². The number of carbonyl (C=O) groups is 2. The molecule has 1 aliphatic rings. The fourth-order valence-electron chi connectivity index (χ4n) is 3.82. The van der Waals surface area contributed by atoms with Crippen LogP contribution in [0, 0.1) is 6.92 Å². The highest BCUT2D eigenvalue weighted by atomic mass is 19.4. The number of hydrogen-bond acceptors (Lipinski definition) is 3. The topological polar surface area (TPSA) is 43.9 Å². The molecule has 5 nitrogen and oxygen atoms in total. The minimum atomic E-state index is -4.58. The predicted octanol–water partition coefficient (Wildman–Crippen LogP) is 3.82. The Morgan fingerprint density at radius 1 is 0.968 bits per heavy atom. The fraction of sp³-hybridized carbons (Fsp3) is 0.391. The first-order chi connectivity index (χ1) is 14.7. The van der Waals surface area contributed by atoms with Crippen molar-refractivity contribution in [3.05, 3.63) is 65.2 Å². The molecule has 0 radical (unpaired) electrons. The van der Waals surface area contributed by atoms with Gasteiger partial charge in [0.2, 0.25) is 5.91 Å². The van der Waals surface area contributed by atoms with Crippen LogP contribution < -0.4 is 4.90 Å². The molecule has 1 aliphatic heterocycles. The van der Waals surface area contributed by atoms with Crippen LogP contribution in [-0.2, 0) is 11.0 Å². The van der Waals surface area contributed by atoms with Crippen LogP contribution in [0.25, 0.3) is 0 Å². The van der Waals surface area contributed by atoms with E-state index in [-0.39, 0.29) is 31.1 Å². The van der Waals surface area contributed by atoms with E-state index in [9.17, 15) is 22.8 Å². The van der Waals surface area contributed by atoms with Crippen LogP contribution in [0.5, 0.6) is 0 Å². The standard InChI is InChI=1S/C23H26F3N3O2/c1-3-29(20-11-7-4-8-17(20)2)21(30)16-27-12-14-28(15-13-27)22(31)18-9-5-6-10-19(18)23(24,25)26/h4-11H,3,12-16H2,1-2H3. The van der Waals surface area contributed by atoms with Gasteiger partial charge in [0.05, 0.1) is 17.7 Å². The average Bonchev–Trinajstić information content (AvgIpc) is 2.75. The number of hydrogen-bond donors (Lipinski definition) is 0. The summed E-state index contributed by atoms with van der Waals surface area (Å²) in [7, 11) is 0. The number of carbonyl (C=O) groups excluding carboxylic acids is 2. The summed E-state index contributed by atoms with van der Waals surface area (Å²) in [6.45, 7) is 6.00. The number of piperazine rings is 1. The number of halogens is 3. The van der Waals surface area contributed by atoms with Gasteiger partial charge in [0.1, 0.15) is 0 Å². The van der Waals surface area contributed by atoms with E-state index in [1.165, 1.54) is 23.1 Å². The molecule has 31 heavy (non-hydrogen) atoms. The van der Waals surface area contributed by atoms with E-state index < -0.39 is 17.6 Å². The molecule has 0 aliphatic carbocycles. The number of rotatable bonds is 5. The summed E-state index contributed by atoms with van der Waals surface area (Å²) in [4.78, 5) is 30.7. The van der Waals surface area contributed by atoms with Gasteiger partial charge in [-0.2, -0.15) is 13.2 Å². The SMILES string of the molecule is CCN(C(=O)CN1CCN(C(=O)c2ccccc2C(F)(F)F)CC1)c1ccccc1C.